The lowest BCUT2D eigenvalue weighted by molar-refractivity contribution is -0.124. The van der Waals surface area contributed by atoms with E-state index in [9.17, 15) is 9.59 Å². The molecule has 3 nitrogen and oxygen atoms in total. The van der Waals surface area contributed by atoms with Crippen molar-refractivity contribution in [2.75, 3.05) is 0 Å². The number of fused-ring (bicyclic) bond motifs is 1. The summed E-state index contributed by atoms with van der Waals surface area (Å²) in [5.41, 5.74) is 2.32. The van der Waals surface area contributed by atoms with E-state index in [1.165, 1.54) is 5.56 Å². The van der Waals surface area contributed by atoms with E-state index in [0.717, 1.165) is 5.56 Å². The summed E-state index contributed by atoms with van der Waals surface area (Å²) in [7, 11) is 0. The Morgan fingerprint density at radius 3 is 1.87 bits per heavy atom. The van der Waals surface area contributed by atoms with Gasteiger partial charge in [0.1, 0.15) is 0 Å². The number of carbonyl (C=O) groups excluding carboxylic acids is 2. The van der Waals surface area contributed by atoms with Crippen molar-refractivity contribution in [1.82, 2.24) is 5.32 Å². The highest BCUT2D eigenvalue weighted by atomic mass is 35.5. The number of carbonyl (C=O) groups is 2. The third kappa shape index (κ3) is 2.30. The maximum Gasteiger partial charge on any atom is 0.227 e. The molecule has 1 N–H and O–H groups in total. The molecule has 78 valence electrons. The van der Waals surface area contributed by atoms with Crippen molar-refractivity contribution < 1.29 is 9.59 Å². The molecule has 5 heteroatoms. The fourth-order valence-electron chi connectivity index (χ4n) is 1.27. The van der Waals surface area contributed by atoms with Crippen LogP contribution in [0.2, 0.25) is 10.0 Å². The molecule has 1 heterocycles. The minimum absolute atomic E-state index is 0.148. The van der Waals surface area contributed by atoms with Crippen LogP contribution in [0.15, 0.2) is 12.1 Å². The number of imide groups is 1. The molecule has 0 saturated carbocycles. The summed E-state index contributed by atoms with van der Waals surface area (Å²) in [6.07, 6.45) is 0.748. The SMILES string of the molecule is Clc1cc2cc-2c1Cl.O=C1CCC(=O)N1. The summed E-state index contributed by atoms with van der Waals surface area (Å²) in [5.74, 6) is -0.296. The maximum atomic E-state index is 10.1. The zero-order valence-corrected chi connectivity index (χ0v) is 9.15. The van der Waals surface area contributed by atoms with Crippen molar-refractivity contribution in [2.45, 2.75) is 12.8 Å². The smallest absolute Gasteiger partial charge is 0.227 e. The molecule has 0 aromatic heterocycles. The third-order valence-electron chi connectivity index (χ3n) is 2.11. The van der Waals surface area contributed by atoms with E-state index in [4.69, 9.17) is 23.2 Å². The van der Waals surface area contributed by atoms with Crippen LogP contribution in [0, 0.1) is 0 Å². The zero-order valence-electron chi connectivity index (χ0n) is 7.64. The van der Waals surface area contributed by atoms with Crippen molar-refractivity contribution in [3.8, 4) is 11.1 Å². The monoisotopic (exact) mass is 243 g/mol. The van der Waals surface area contributed by atoms with Crippen LogP contribution in [0.3, 0.4) is 0 Å². The van der Waals surface area contributed by atoms with E-state index in [-0.39, 0.29) is 11.8 Å². The highest BCUT2D eigenvalue weighted by Gasteiger charge is 2.19. The molecule has 15 heavy (non-hydrogen) atoms. The van der Waals surface area contributed by atoms with Crippen molar-refractivity contribution in [3.05, 3.63) is 22.2 Å². The predicted molar refractivity (Wildman–Crippen MR) is 57.8 cm³/mol. The Hall–Kier alpha value is -1.06. The molecule has 0 unspecified atom stereocenters. The molecule has 1 aliphatic heterocycles. The lowest BCUT2D eigenvalue weighted by atomic mass is 10.4. The van der Waals surface area contributed by atoms with Gasteiger partial charge in [-0.2, -0.15) is 0 Å². The first-order chi connectivity index (χ1) is 7.08. The van der Waals surface area contributed by atoms with E-state index < -0.39 is 0 Å². The standard InChI is InChI=1S/C6H2Cl2.C4H5NO2/c7-5-2-3-1-4(3)6(5)8;6-3-1-2-4(7)5-3/h1-2H;1-2H2,(H,5,6,7). The van der Waals surface area contributed by atoms with Crippen LogP contribution in [0.4, 0.5) is 0 Å². The quantitative estimate of drug-likeness (QED) is 0.723. The number of rotatable bonds is 0. The Morgan fingerprint density at radius 1 is 1.07 bits per heavy atom. The van der Waals surface area contributed by atoms with Gasteiger partial charge >= 0.3 is 0 Å². The van der Waals surface area contributed by atoms with Gasteiger partial charge in [0.25, 0.3) is 0 Å². The van der Waals surface area contributed by atoms with Crippen molar-refractivity contribution >= 4 is 35.0 Å². The second-order valence-corrected chi connectivity index (χ2v) is 4.08. The van der Waals surface area contributed by atoms with E-state index in [1.807, 2.05) is 12.1 Å². The van der Waals surface area contributed by atoms with Gasteiger partial charge in [-0.25, -0.2) is 0 Å². The minimum atomic E-state index is -0.148. The highest BCUT2D eigenvalue weighted by molar-refractivity contribution is 6.45. The molecule has 1 fully saturated rings. The Bertz CT molecular complexity index is 443. The van der Waals surface area contributed by atoms with Crippen molar-refractivity contribution in [2.24, 2.45) is 0 Å². The van der Waals surface area contributed by atoms with Gasteiger partial charge in [0.05, 0.1) is 10.0 Å². The van der Waals surface area contributed by atoms with Gasteiger partial charge in [-0.05, 0) is 17.7 Å². The topological polar surface area (TPSA) is 46.2 Å². The van der Waals surface area contributed by atoms with Crippen LogP contribution >= 0.6 is 23.2 Å². The molecule has 1 saturated heterocycles. The molecule has 0 aromatic carbocycles. The average Bonchev–Trinajstić information content (AvgIpc) is 2.75. The number of hydrogen-bond donors (Lipinski definition) is 1. The second-order valence-electron chi connectivity index (χ2n) is 3.29. The van der Waals surface area contributed by atoms with Crippen LogP contribution in [-0.2, 0) is 9.59 Å². The van der Waals surface area contributed by atoms with Crippen LogP contribution in [0.1, 0.15) is 12.8 Å². The number of halogens is 2. The number of benzene rings is 1. The molecular formula is C10H7Cl2NO2. The van der Waals surface area contributed by atoms with Crippen LogP contribution in [-0.4, -0.2) is 11.8 Å². The zero-order chi connectivity index (χ0) is 11.0. The first-order valence-corrected chi connectivity index (χ1v) is 5.15. The number of hydrogen-bond acceptors (Lipinski definition) is 2. The second kappa shape index (κ2) is 3.83. The van der Waals surface area contributed by atoms with Gasteiger partial charge in [-0.15, -0.1) is 0 Å². The Labute approximate surface area is 96.4 Å². The summed E-state index contributed by atoms with van der Waals surface area (Å²) >= 11 is 11.3. The lowest BCUT2D eigenvalue weighted by Gasteiger charge is -1.79. The van der Waals surface area contributed by atoms with Gasteiger partial charge in [0, 0.05) is 18.4 Å². The summed E-state index contributed by atoms with van der Waals surface area (Å²) in [5, 5.41) is 3.53. The van der Waals surface area contributed by atoms with E-state index in [2.05, 4.69) is 5.32 Å². The first-order valence-electron chi connectivity index (χ1n) is 4.40. The molecule has 0 bridgehead atoms. The molecule has 0 radical (unpaired) electrons. The molecule has 2 amide bonds. The maximum absolute atomic E-state index is 10.1. The fourth-order valence-corrected chi connectivity index (χ4v) is 1.70. The molecule has 0 atom stereocenters. The Balaban J connectivity index is 0.000000115. The fraction of sp³-hybridized carbons (Fsp3) is 0.200. The van der Waals surface area contributed by atoms with Crippen molar-refractivity contribution in [3.63, 3.8) is 0 Å². The molecular weight excluding hydrogens is 237 g/mol. The number of amides is 2. The van der Waals surface area contributed by atoms with Gasteiger partial charge < -0.3 is 0 Å². The average molecular weight is 244 g/mol. The number of nitrogens with one attached hydrogen (secondary N) is 1. The van der Waals surface area contributed by atoms with Gasteiger partial charge in [-0.3, -0.25) is 14.9 Å². The first kappa shape index (κ1) is 10.5. The molecule has 3 aliphatic rings. The van der Waals surface area contributed by atoms with Crippen LogP contribution in [0.25, 0.3) is 11.1 Å². The van der Waals surface area contributed by atoms with E-state index in [0.29, 0.717) is 22.9 Å². The third-order valence-corrected chi connectivity index (χ3v) is 2.92. The molecule has 3 rings (SSSR count). The van der Waals surface area contributed by atoms with Crippen LogP contribution in [0.5, 0.6) is 0 Å². The summed E-state index contributed by atoms with van der Waals surface area (Å²) in [6, 6.07) is 3.88. The normalized spacial score (nSPS) is 15.6. The minimum Gasteiger partial charge on any atom is -0.296 e. The largest absolute Gasteiger partial charge is 0.296 e. The predicted octanol–water partition coefficient (Wildman–Crippen LogP) is 2.40. The highest BCUT2D eigenvalue weighted by Crippen LogP contribution is 2.46. The summed E-state index contributed by atoms with van der Waals surface area (Å²) < 4.78 is 0. The van der Waals surface area contributed by atoms with Gasteiger partial charge in [-0.1, -0.05) is 23.2 Å². The van der Waals surface area contributed by atoms with Gasteiger partial charge in [0.15, 0.2) is 0 Å². The lowest BCUT2D eigenvalue weighted by Crippen LogP contribution is -2.18. The van der Waals surface area contributed by atoms with Crippen molar-refractivity contribution in [1.29, 1.82) is 0 Å². The Kier molecular flexibility index (Phi) is 2.67. The molecule has 0 spiro atoms. The van der Waals surface area contributed by atoms with Gasteiger partial charge in [0.2, 0.25) is 11.8 Å². The molecule has 2 aliphatic carbocycles. The van der Waals surface area contributed by atoms with Crippen LogP contribution < -0.4 is 5.32 Å². The van der Waals surface area contributed by atoms with E-state index >= 15 is 0 Å². The van der Waals surface area contributed by atoms with E-state index in [1.54, 1.807) is 0 Å². The Morgan fingerprint density at radius 2 is 1.67 bits per heavy atom. The summed E-state index contributed by atoms with van der Waals surface area (Å²) in [6.45, 7) is 0. The summed E-state index contributed by atoms with van der Waals surface area (Å²) in [4.78, 5) is 20.2. The molecule has 0 aromatic rings.